The van der Waals surface area contributed by atoms with Crippen molar-refractivity contribution in [3.05, 3.63) is 90.5 Å². The molecular weight excluding hydrogens is 776 g/mol. The average Bonchev–Trinajstić information content (AvgIpc) is 3.70. The second kappa shape index (κ2) is 16.6. The molecule has 5 nitrogen and oxygen atoms in total. The molecule has 7 aromatic carbocycles. The smallest absolute Gasteiger partial charge is 0.164 e. The van der Waals surface area contributed by atoms with Crippen molar-refractivity contribution in [3.8, 4) is 73.6 Å². The molecule has 0 saturated carbocycles. The third-order valence-electron chi connectivity index (χ3n) is 11.6. The van der Waals surface area contributed by atoms with Gasteiger partial charge in [-0.05, 0) is 69.8 Å². The SMILES string of the molecule is [B]c1c([B])c([B])c(-c2nc(-c3cccc(-c4cccc(C#N)c4)c3)nc(-c3ccc4c(c3)oc3cccc(-c5c([B])c([B])c(-c6c([B])c([B])c([B])c([B])c6[B])c([B])c5[B])c34)n2)c([B])c1[B]. The van der Waals surface area contributed by atoms with Gasteiger partial charge in [0.05, 0.1) is 11.6 Å². The van der Waals surface area contributed by atoms with Crippen molar-refractivity contribution in [2.24, 2.45) is 0 Å². The molecule has 9 rings (SSSR count). The summed E-state index contributed by atoms with van der Waals surface area (Å²) in [4.78, 5) is 14.6. The van der Waals surface area contributed by atoms with Gasteiger partial charge in [-0.1, -0.05) is 92.2 Å². The van der Waals surface area contributed by atoms with E-state index in [4.69, 9.17) is 129 Å². The zero-order valence-corrected chi connectivity index (χ0v) is 34.4. The van der Waals surface area contributed by atoms with Crippen LogP contribution in [-0.2, 0) is 0 Å². The first kappa shape index (κ1) is 44.0. The van der Waals surface area contributed by atoms with Crippen LogP contribution in [0.5, 0.6) is 0 Å². The highest BCUT2D eigenvalue weighted by Gasteiger charge is 2.24. The average molecular weight is 790 g/mol. The summed E-state index contributed by atoms with van der Waals surface area (Å²) < 4.78 is 6.48. The molecule has 65 heavy (non-hydrogen) atoms. The van der Waals surface area contributed by atoms with Crippen LogP contribution in [0.1, 0.15) is 5.56 Å². The summed E-state index contributed by atoms with van der Waals surface area (Å²) >= 11 is 0. The number of aromatic nitrogens is 3. The van der Waals surface area contributed by atoms with E-state index in [0.29, 0.717) is 49.8 Å². The Morgan fingerprint density at radius 2 is 0.800 bits per heavy atom. The third-order valence-corrected chi connectivity index (χ3v) is 11.6. The number of fused-ring (bicyclic) bond motifs is 3. The lowest BCUT2D eigenvalue weighted by Crippen LogP contribution is -2.57. The van der Waals surface area contributed by atoms with Crippen molar-refractivity contribution in [1.29, 1.82) is 5.26 Å². The van der Waals surface area contributed by atoms with Crippen LogP contribution in [-0.4, -0.2) is 125 Å². The zero-order valence-electron chi connectivity index (χ0n) is 34.4. The standard InChI is InChI=1S/C46H14B14N4O/c47-30-26(31(48)33(50)27(32(30)49)28-34(51)38(55)42(59)39(56)35(28)52)22-8-3-9-23-25(22)21-11-10-20(14-24(21)65-23)45-62-44(19-7-2-6-18(13-19)17-5-1-4-16(12-17)15-61)63-46(64-45)29-36(53)40(57)43(60)41(58)37(29)54/h1-14H. The van der Waals surface area contributed by atoms with Gasteiger partial charge in [0.25, 0.3) is 0 Å². The maximum atomic E-state index is 9.55. The summed E-state index contributed by atoms with van der Waals surface area (Å²) in [6, 6.07) is 27.8. The first-order chi connectivity index (χ1) is 31.0. The van der Waals surface area contributed by atoms with Gasteiger partial charge in [-0.25, -0.2) is 15.0 Å². The van der Waals surface area contributed by atoms with E-state index in [-0.39, 0.29) is 111 Å². The van der Waals surface area contributed by atoms with Crippen molar-refractivity contribution in [1.82, 2.24) is 15.0 Å². The maximum Gasteiger partial charge on any atom is 0.164 e. The van der Waals surface area contributed by atoms with Gasteiger partial charge in [-0.15, -0.1) is 32.8 Å². The fraction of sp³-hybridized carbons (Fsp3) is 0. The predicted octanol–water partition coefficient (Wildman–Crippen LogP) is -5.24. The molecule has 0 fully saturated rings. The molecule has 266 valence electrons. The van der Waals surface area contributed by atoms with E-state index in [2.05, 4.69) is 6.07 Å². The Kier molecular flexibility index (Phi) is 11.3. The Balaban J connectivity index is 1.23. The van der Waals surface area contributed by atoms with E-state index >= 15 is 0 Å². The molecule has 0 saturated heterocycles. The maximum absolute atomic E-state index is 9.55. The topological polar surface area (TPSA) is 75.6 Å². The summed E-state index contributed by atoms with van der Waals surface area (Å²) in [6.45, 7) is 0. The molecule has 0 aliphatic rings. The zero-order chi connectivity index (χ0) is 46.3. The molecule has 9 aromatic rings. The minimum atomic E-state index is 0.00595. The monoisotopic (exact) mass is 792 g/mol. The molecule has 0 atom stereocenters. The lowest BCUT2D eigenvalue weighted by Gasteiger charge is -2.28. The first-order valence-electron chi connectivity index (χ1n) is 19.6. The molecule has 0 amide bonds. The molecule has 2 heterocycles. The van der Waals surface area contributed by atoms with Crippen molar-refractivity contribution in [3.63, 3.8) is 0 Å². The number of benzene rings is 7. The second-order valence-electron chi connectivity index (χ2n) is 15.4. The molecule has 0 spiro atoms. The van der Waals surface area contributed by atoms with Crippen LogP contribution in [0.15, 0.2) is 89.3 Å². The predicted molar refractivity (Wildman–Crippen MR) is 280 cm³/mol. The summed E-state index contributed by atoms with van der Waals surface area (Å²) in [6.07, 6.45) is 0. The third kappa shape index (κ3) is 7.12. The van der Waals surface area contributed by atoms with Gasteiger partial charge in [0.1, 0.15) is 121 Å². The van der Waals surface area contributed by atoms with E-state index < -0.39 is 0 Å². The largest absolute Gasteiger partial charge is 0.456 e. The minimum Gasteiger partial charge on any atom is -0.456 e. The number of rotatable bonds is 6. The molecule has 19 heteroatoms. The normalized spacial score (nSPS) is 11.3. The molecule has 0 bridgehead atoms. The van der Waals surface area contributed by atoms with Crippen LogP contribution in [0.3, 0.4) is 0 Å². The van der Waals surface area contributed by atoms with Gasteiger partial charge >= 0.3 is 0 Å². The molecular formula is C46H14B14N4O. The van der Waals surface area contributed by atoms with Crippen LogP contribution >= 0.6 is 0 Å². The molecule has 2 aromatic heterocycles. The summed E-state index contributed by atoms with van der Waals surface area (Å²) in [5.41, 5.74) is 6.15. The summed E-state index contributed by atoms with van der Waals surface area (Å²) in [7, 11) is 90.2. The van der Waals surface area contributed by atoms with Gasteiger partial charge < -0.3 is 4.42 Å². The Bertz CT molecular complexity index is 3500. The second-order valence-corrected chi connectivity index (χ2v) is 15.4. The number of nitriles is 1. The van der Waals surface area contributed by atoms with Gasteiger partial charge in [0, 0.05) is 27.5 Å². The molecule has 28 radical (unpaired) electrons. The molecule has 0 N–H and O–H groups in total. The highest BCUT2D eigenvalue weighted by Crippen LogP contribution is 2.37. The lowest BCUT2D eigenvalue weighted by molar-refractivity contribution is 0.669. The Hall–Kier alpha value is -6.25. The van der Waals surface area contributed by atoms with Crippen molar-refractivity contribution in [2.45, 2.75) is 0 Å². The van der Waals surface area contributed by atoms with Gasteiger partial charge in [-0.3, -0.25) is 0 Å². The quantitative estimate of drug-likeness (QED) is 0.158. The molecule has 0 aliphatic carbocycles. The molecule has 0 aliphatic heterocycles. The summed E-state index contributed by atoms with van der Waals surface area (Å²) in [5, 5.41) is 10.9. The van der Waals surface area contributed by atoms with Gasteiger partial charge in [0.15, 0.2) is 17.5 Å². The van der Waals surface area contributed by atoms with Gasteiger partial charge in [0.2, 0.25) is 0 Å². The van der Waals surface area contributed by atoms with E-state index in [1.807, 2.05) is 54.6 Å². The number of hydrogen-bond acceptors (Lipinski definition) is 5. The van der Waals surface area contributed by atoms with Crippen molar-refractivity contribution in [2.75, 3.05) is 0 Å². The van der Waals surface area contributed by atoms with E-state index in [1.54, 1.807) is 30.3 Å². The Morgan fingerprint density at radius 3 is 1.37 bits per heavy atom. The Morgan fingerprint density at radius 1 is 0.369 bits per heavy atom. The van der Waals surface area contributed by atoms with E-state index in [0.717, 1.165) is 11.1 Å². The highest BCUT2D eigenvalue weighted by atomic mass is 16.3. The van der Waals surface area contributed by atoms with Crippen LogP contribution in [0.2, 0.25) is 0 Å². The number of hydrogen-bond donors (Lipinski definition) is 0. The minimum absolute atomic E-state index is 0.00595. The number of furan rings is 1. The van der Waals surface area contributed by atoms with Crippen LogP contribution in [0.4, 0.5) is 0 Å². The van der Waals surface area contributed by atoms with E-state index in [1.165, 1.54) is 0 Å². The fourth-order valence-electron chi connectivity index (χ4n) is 8.12. The van der Waals surface area contributed by atoms with Crippen molar-refractivity contribution >= 4 is 208 Å². The van der Waals surface area contributed by atoms with Crippen molar-refractivity contribution < 1.29 is 4.42 Å². The molecule has 0 unspecified atom stereocenters. The first-order valence-corrected chi connectivity index (χ1v) is 19.6. The summed E-state index contributed by atoms with van der Waals surface area (Å²) in [5.74, 6) is 0.574. The van der Waals surface area contributed by atoms with Crippen LogP contribution < -0.4 is 76.5 Å². The van der Waals surface area contributed by atoms with Crippen LogP contribution in [0, 0.1) is 11.3 Å². The van der Waals surface area contributed by atoms with Crippen LogP contribution in [0.25, 0.3) is 89.5 Å². The lowest BCUT2D eigenvalue weighted by atomic mass is 9.56. The van der Waals surface area contributed by atoms with E-state index in [9.17, 15) is 5.26 Å². The number of nitrogens with zero attached hydrogens (tertiary/aromatic N) is 4. The highest BCUT2D eigenvalue weighted by molar-refractivity contribution is 6.71. The van der Waals surface area contributed by atoms with Gasteiger partial charge in [-0.2, -0.15) is 5.26 Å². The Labute approximate surface area is 394 Å². The fourth-order valence-corrected chi connectivity index (χ4v) is 8.12.